The molecule has 0 aliphatic carbocycles. The Kier molecular flexibility index (Phi) is 6.07. The van der Waals surface area contributed by atoms with Crippen molar-refractivity contribution in [1.29, 1.82) is 0 Å². The molecule has 0 spiro atoms. The standard InChI is InChI=1S/C10H18N4O8S4/c1-23(15,16)11-7-5-6-8(12-24(2,17)18)10(14-26(4,21)22)9(7)13-25(3,19)20/h5-6,11-14H,1-4H3. The Bertz CT molecular complexity index is 1030. The van der Waals surface area contributed by atoms with E-state index in [-0.39, 0.29) is 11.4 Å². The molecule has 0 aromatic heterocycles. The van der Waals surface area contributed by atoms with Gasteiger partial charge in [-0.2, -0.15) is 0 Å². The lowest BCUT2D eigenvalue weighted by Crippen LogP contribution is -2.20. The van der Waals surface area contributed by atoms with Crippen molar-refractivity contribution in [3.63, 3.8) is 0 Å². The summed E-state index contributed by atoms with van der Waals surface area (Å²) in [7, 11) is -15.7. The fourth-order valence-electron chi connectivity index (χ4n) is 1.76. The van der Waals surface area contributed by atoms with Crippen LogP contribution in [-0.2, 0) is 40.1 Å². The smallest absolute Gasteiger partial charge is 0.229 e. The van der Waals surface area contributed by atoms with Crippen molar-refractivity contribution in [3.8, 4) is 0 Å². The number of rotatable bonds is 8. The van der Waals surface area contributed by atoms with Gasteiger partial charge in [0.05, 0.1) is 47.8 Å². The van der Waals surface area contributed by atoms with E-state index in [1.807, 2.05) is 18.9 Å². The molecule has 0 heterocycles. The second-order valence-electron chi connectivity index (χ2n) is 5.41. The summed E-state index contributed by atoms with van der Waals surface area (Å²) in [6.07, 6.45) is 3.09. The first-order valence-corrected chi connectivity index (χ1v) is 14.0. The zero-order valence-electron chi connectivity index (χ0n) is 14.1. The van der Waals surface area contributed by atoms with E-state index in [4.69, 9.17) is 0 Å². The predicted molar refractivity (Wildman–Crippen MR) is 100 cm³/mol. The molecule has 0 unspecified atom stereocenters. The van der Waals surface area contributed by atoms with Gasteiger partial charge in [-0.3, -0.25) is 18.9 Å². The molecule has 0 saturated heterocycles. The van der Waals surface area contributed by atoms with E-state index >= 15 is 0 Å². The van der Waals surface area contributed by atoms with E-state index in [2.05, 4.69) is 0 Å². The second kappa shape index (κ2) is 7.09. The molecule has 16 heteroatoms. The summed E-state index contributed by atoms with van der Waals surface area (Å²) in [4.78, 5) is 0. The van der Waals surface area contributed by atoms with Crippen LogP contribution in [0, 0.1) is 0 Å². The third-order valence-corrected chi connectivity index (χ3v) is 4.70. The molecule has 12 nitrogen and oxygen atoms in total. The molecule has 1 aromatic carbocycles. The SMILES string of the molecule is CS(=O)(=O)Nc1ccc(NS(C)(=O)=O)c(NS(C)(=O)=O)c1NS(C)(=O)=O. The molecule has 0 saturated carbocycles. The maximum absolute atomic E-state index is 11.6. The van der Waals surface area contributed by atoms with Gasteiger partial charge in [0.25, 0.3) is 0 Å². The maximum atomic E-state index is 11.6. The highest BCUT2D eigenvalue weighted by Gasteiger charge is 2.22. The largest absolute Gasteiger partial charge is 0.282 e. The predicted octanol–water partition coefficient (Wildman–Crippen LogP) is -0.827. The Morgan fingerprint density at radius 2 is 0.731 bits per heavy atom. The van der Waals surface area contributed by atoms with Crippen molar-refractivity contribution in [3.05, 3.63) is 12.1 Å². The van der Waals surface area contributed by atoms with E-state index in [1.54, 1.807) is 0 Å². The summed E-state index contributed by atoms with van der Waals surface area (Å²) in [5.41, 5.74) is -1.64. The van der Waals surface area contributed by atoms with Gasteiger partial charge < -0.3 is 0 Å². The van der Waals surface area contributed by atoms with E-state index < -0.39 is 51.5 Å². The molecule has 150 valence electrons. The van der Waals surface area contributed by atoms with Crippen molar-refractivity contribution >= 4 is 62.8 Å². The normalized spacial score (nSPS) is 13.1. The highest BCUT2D eigenvalue weighted by molar-refractivity contribution is 7.93. The van der Waals surface area contributed by atoms with Crippen molar-refractivity contribution < 1.29 is 33.7 Å². The number of benzene rings is 1. The van der Waals surface area contributed by atoms with Crippen LogP contribution in [0.5, 0.6) is 0 Å². The quantitative estimate of drug-likeness (QED) is 0.395. The number of hydrogen-bond donors (Lipinski definition) is 4. The molecule has 0 fully saturated rings. The third-order valence-electron chi connectivity index (χ3n) is 2.37. The molecule has 0 aliphatic rings. The van der Waals surface area contributed by atoms with Gasteiger partial charge >= 0.3 is 0 Å². The van der Waals surface area contributed by atoms with Gasteiger partial charge in [0.15, 0.2) is 0 Å². The van der Waals surface area contributed by atoms with E-state index in [0.29, 0.717) is 0 Å². The van der Waals surface area contributed by atoms with Crippen LogP contribution >= 0.6 is 0 Å². The molecule has 1 rings (SSSR count). The molecule has 0 atom stereocenters. The number of hydrogen-bond acceptors (Lipinski definition) is 8. The minimum Gasteiger partial charge on any atom is -0.282 e. The van der Waals surface area contributed by atoms with E-state index in [1.165, 1.54) is 0 Å². The van der Waals surface area contributed by atoms with Crippen LogP contribution in [0.25, 0.3) is 0 Å². The summed E-state index contributed by atoms with van der Waals surface area (Å²) >= 11 is 0. The average molecular weight is 451 g/mol. The van der Waals surface area contributed by atoms with E-state index in [9.17, 15) is 33.7 Å². The second-order valence-corrected chi connectivity index (χ2v) is 12.4. The van der Waals surface area contributed by atoms with Gasteiger partial charge in [-0.15, -0.1) is 0 Å². The molecule has 0 amide bonds. The summed E-state index contributed by atoms with van der Waals surface area (Å²) in [5.74, 6) is 0. The first-order valence-electron chi connectivity index (χ1n) is 6.44. The molecule has 0 aliphatic heterocycles. The van der Waals surface area contributed by atoms with Crippen LogP contribution in [0.3, 0.4) is 0 Å². The fourth-order valence-corrected chi connectivity index (χ4v) is 4.06. The zero-order valence-corrected chi connectivity index (χ0v) is 17.3. The molecular weight excluding hydrogens is 432 g/mol. The fraction of sp³-hybridized carbons (Fsp3) is 0.400. The summed E-state index contributed by atoms with van der Waals surface area (Å²) in [5, 5.41) is 0. The van der Waals surface area contributed by atoms with Gasteiger partial charge in [0.2, 0.25) is 40.1 Å². The Hall–Kier alpha value is -1.78. The Balaban J connectivity index is 3.84. The van der Waals surface area contributed by atoms with Crippen LogP contribution in [0.1, 0.15) is 0 Å². The molecule has 1 aromatic rings. The topological polar surface area (TPSA) is 185 Å². The Morgan fingerprint density at radius 3 is 0.923 bits per heavy atom. The summed E-state index contributed by atoms with van der Waals surface area (Å²) < 4.78 is 100. The molecule has 26 heavy (non-hydrogen) atoms. The average Bonchev–Trinajstić information content (AvgIpc) is 2.30. The Morgan fingerprint density at radius 1 is 0.500 bits per heavy atom. The van der Waals surface area contributed by atoms with Gasteiger partial charge in [-0.1, -0.05) is 0 Å². The first kappa shape index (κ1) is 22.3. The molecule has 0 bridgehead atoms. The zero-order chi connectivity index (χ0) is 20.6. The Labute approximate surface area is 152 Å². The minimum absolute atomic E-state index is 0.317. The van der Waals surface area contributed by atoms with Crippen LogP contribution < -0.4 is 18.9 Å². The van der Waals surface area contributed by atoms with Crippen molar-refractivity contribution in [2.75, 3.05) is 43.9 Å². The highest BCUT2D eigenvalue weighted by Crippen LogP contribution is 2.39. The minimum atomic E-state index is -3.99. The van der Waals surface area contributed by atoms with Gasteiger partial charge in [-0.25, -0.2) is 33.7 Å². The molecular formula is C10H18N4O8S4. The van der Waals surface area contributed by atoms with Gasteiger partial charge in [0, 0.05) is 0 Å². The first-order chi connectivity index (χ1) is 11.4. The van der Waals surface area contributed by atoms with Crippen LogP contribution in [0.15, 0.2) is 12.1 Å². The van der Waals surface area contributed by atoms with Crippen LogP contribution in [-0.4, -0.2) is 58.7 Å². The highest BCUT2D eigenvalue weighted by atomic mass is 32.2. The number of nitrogens with one attached hydrogen (secondary N) is 4. The van der Waals surface area contributed by atoms with Crippen molar-refractivity contribution in [2.24, 2.45) is 0 Å². The van der Waals surface area contributed by atoms with Crippen LogP contribution in [0.4, 0.5) is 22.7 Å². The molecule has 4 N–H and O–H groups in total. The lowest BCUT2D eigenvalue weighted by Gasteiger charge is -2.20. The number of anilines is 4. The van der Waals surface area contributed by atoms with Crippen molar-refractivity contribution in [2.45, 2.75) is 0 Å². The number of sulfonamides is 4. The third kappa shape index (κ3) is 8.07. The summed E-state index contributed by atoms with van der Waals surface area (Å²) in [6, 6.07) is 2.13. The van der Waals surface area contributed by atoms with E-state index in [0.717, 1.165) is 37.2 Å². The lowest BCUT2D eigenvalue weighted by atomic mass is 10.2. The maximum Gasteiger partial charge on any atom is 0.229 e. The van der Waals surface area contributed by atoms with Crippen molar-refractivity contribution in [1.82, 2.24) is 0 Å². The van der Waals surface area contributed by atoms with Crippen LogP contribution in [0.2, 0.25) is 0 Å². The van der Waals surface area contributed by atoms with Gasteiger partial charge in [-0.05, 0) is 12.1 Å². The summed E-state index contributed by atoms with van der Waals surface area (Å²) in [6.45, 7) is 0. The van der Waals surface area contributed by atoms with Gasteiger partial charge in [0.1, 0.15) is 0 Å². The molecule has 0 radical (unpaired) electrons. The monoisotopic (exact) mass is 450 g/mol. The lowest BCUT2D eigenvalue weighted by molar-refractivity contribution is 0.604.